The fraction of sp³-hybridized carbons (Fsp3) is 0.0455. The van der Waals surface area contributed by atoms with Gasteiger partial charge in [0, 0.05) is 29.5 Å². The van der Waals surface area contributed by atoms with Crippen LogP contribution in [-0.4, -0.2) is 20.4 Å². The van der Waals surface area contributed by atoms with E-state index < -0.39 is 5.91 Å². The largest absolute Gasteiger partial charge is 0.320 e. The fourth-order valence-electron chi connectivity index (χ4n) is 3.21. The van der Waals surface area contributed by atoms with E-state index in [0.29, 0.717) is 11.2 Å². The molecule has 2 aromatic carbocycles. The number of nitrogens with one attached hydrogen (secondary N) is 1. The predicted molar refractivity (Wildman–Crippen MR) is 118 cm³/mol. The second-order valence-corrected chi connectivity index (χ2v) is 7.10. The van der Waals surface area contributed by atoms with Crippen LogP contribution in [-0.2, 0) is 0 Å². The molecule has 1 amide bonds. The van der Waals surface area contributed by atoms with E-state index >= 15 is 0 Å². The number of rotatable bonds is 4. The number of imidazole rings is 1. The quantitative estimate of drug-likeness (QED) is 0.437. The van der Waals surface area contributed by atoms with Crippen LogP contribution in [0.2, 0.25) is 10.0 Å². The molecule has 4 aromatic rings. The first-order valence-electron chi connectivity index (χ1n) is 8.88. The van der Waals surface area contributed by atoms with Crippen LogP contribution in [0.4, 0.5) is 5.69 Å². The predicted octanol–water partition coefficient (Wildman–Crippen LogP) is 6.01. The molecule has 0 saturated heterocycles. The van der Waals surface area contributed by atoms with Crippen LogP contribution in [0.5, 0.6) is 0 Å². The first-order valence-corrected chi connectivity index (χ1v) is 9.64. The SMILES string of the molecule is C/C=C/c1cnc2c(NC(=O)c3c(Cl)cccc3Cl)cccc2c1-n1ccnc1. The lowest BCUT2D eigenvalue weighted by Gasteiger charge is -2.14. The Balaban J connectivity index is 1.85. The van der Waals surface area contributed by atoms with E-state index in [1.807, 2.05) is 42.0 Å². The summed E-state index contributed by atoms with van der Waals surface area (Å²) in [4.78, 5) is 21.6. The number of amides is 1. The van der Waals surface area contributed by atoms with Crippen molar-refractivity contribution < 1.29 is 4.79 Å². The lowest BCUT2D eigenvalue weighted by atomic mass is 10.1. The number of pyridine rings is 1. The molecule has 1 N–H and O–H groups in total. The van der Waals surface area contributed by atoms with Crippen molar-refractivity contribution in [1.82, 2.24) is 14.5 Å². The van der Waals surface area contributed by atoms with Gasteiger partial charge in [-0.3, -0.25) is 9.78 Å². The summed E-state index contributed by atoms with van der Waals surface area (Å²) >= 11 is 12.4. The summed E-state index contributed by atoms with van der Waals surface area (Å²) in [6.07, 6.45) is 11.0. The number of anilines is 1. The minimum absolute atomic E-state index is 0.230. The minimum atomic E-state index is -0.392. The van der Waals surface area contributed by atoms with E-state index in [-0.39, 0.29) is 15.6 Å². The zero-order valence-electron chi connectivity index (χ0n) is 15.4. The van der Waals surface area contributed by atoms with E-state index in [2.05, 4.69) is 15.3 Å². The first kappa shape index (κ1) is 19.2. The topological polar surface area (TPSA) is 59.8 Å². The summed E-state index contributed by atoms with van der Waals surface area (Å²) in [6, 6.07) is 10.6. The maximum atomic E-state index is 12.8. The molecule has 0 fully saturated rings. The van der Waals surface area contributed by atoms with Crippen molar-refractivity contribution in [3.63, 3.8) is 0 Å². The summed E-state index contributed by atoms with van der Waals surface area (Å²) in [6.45, 7) is 1.95. The van der Waals surface area contributed by atoms with Crippen LogP contribution in [0.25, 0.3) is 22.7 Å². The lowest BCUT2D eigenvalue weighted by molar-refractivity contribution is 0.102. The molecule has 7 heteroatoms. The maximum Gasteiger partial charge on any atom is 0.258 e. The number of nitrogens with zero attached hydrogens (tertiary/aromatic N) is 3. The number of hydrogen-bond donors (Lipinski definition) is 1. The van der Waals surface area contributed by atoms with E-state index in [1.165, 1.54) is 0 Å². The van der Waals surface area contributed by atoms with Crippen molar-refractivity contribution in [2.45, 2.75) is 6.92 Å². The third-order valence-corrected chi connectivity index (χ3v) is 5.07. The van der Waals surface area contributed by atoms with Crippen molar-refractivity contribution in [1.29, 1.82) is 0 Å². The summed E-state index contributed by atoms with van der Waals surface area (Å²) in [7, 11) is 0. The van der Waals surface area contributed by atoms with Gasteiger partial charge >= 0.3 is 0 Å². The maximum absolute atomic E-state index is 12.8. The molecule has 0 aliphatic carbocycles. The highest BCUT2D eigenvalue weighted by Gasteiger charge is 2.17. The summed E-state index contributed by atoms with van der Waals surface area (Å²) in [5.41, 5.74) is 3.32. The molecule has 0 saturated carbocycles. The number of fused-ring (bicyclic) bond motifs is 1. The molecule has 0 bridgehead atoms. The van der Waals surface area contributed by atoms with E-state index in [0.717, 1.165) is 16.6 Å². The second-order valence-electron chi connectivity index (χ2n) is 6.28. The number of aromatic nitrogens is 3. The number of allylic oxidation sites excluding steroid dienone is 1. The highest BCUT2D eigenvalue weighted by molar-refractivity contribution is 6.40. The van der Waals surface area contributed by atoms with Crippen LogP contribution in [0.15, 0.2) is 67.4 Å². The van der Waals surface area contributed by atoms with Gasteiger partial charge in [0.25, 0.3) is 5.91 Å². The molecule has 2 heterocycles. The Labute approximate surface area is 177 Å². The van der Waals surface area contributed by atoms with Gasteiger partial charge in [0.1, 0.15) is 0 Å². The Morgan fingerprint density at radius 2 is 1.90 bits per heavy atom. The van der Waals surface area contributed by atoms with Crippen LogP contribution in [0.1, 0.15) is 22.8 Å². The van der Waals surface area contributed by atoms with Gasteiger partial charge < -0.3 is 9.88 Å². The monoisotopic (exact) mass is 422 g/mol. The van der Waals surface area contributed by atoms with E-state index in [1.54, 1.807) is 43.0 Å². The number of para-hydroxylation sites is 1. The van der Waals surface area contributed by atoms with E-state index in [9.17, 15) is 4.79 Å². The Morgan fingerprint density at radius 3 is 2.59 bits per heavy atom. The summed E-state index contributed by atoms with van der Waals surface area (Å²) in [5, 5.41) is 4.35. The van der Waals surface area contributed by atoms with Crippen LogP contribution in [0, 0.1) is 0 Å². The molecular weight excluding hydrogens is 407 g/mol. The molecule has 0 atom stereocenters. The van der Waals surface area contributed by atoms with Crippen molar-refractivity contribution in [3.05, 3.63) is 88.6 Å². The summed E-state index contributed by atoms with van der Waals surface area (Å²) in [5.74, 6) is -0.392. The average Bonchev–Trinajstić information content (AvgIpc) is 3.22. The molecule has 0 unspecified atom stereocenters. The van der Waals surface area contributed by atoms with Gasteiger partial charge in [-0.1, -0.05) is 53.6 Å². The number of carbonyl (C=O) groups is 1. The normalized spacial score (nSPS) is 11.3. The number of benzene rings is 2. The van der Waals surface area contributed by atoms with Crippen LogP contribution < -0.4 is 5.32 Å². The number of hydrogen-bond acceptors (Lipinski definition) is 3. The van der Waals surface area contributed by atoms with Crippen molar-refractivity contribution in [3.8, 4) is 5.69 Å². The zero-order valence-corrected chi connectivity index (χ0v) is 16.9. The van der Waals surface area contributed by atoms with Crippen LogP contribution in [0.3, 0.4) is 0 Å². The fourth-order valence-corrected chi connectivity index (χ4v) is 3.78. The van der Waals surface area contributed by atoms with Gasteiger partial charge in [0.05, 0.1) is 38.8 Å². The van der Waals surface area contributed by atoms with Gasteiger partial charge in [-0.25, -0.2) is 4.98 Å². The molecule has 144 valence electrons. The molecule has 0 spiro atoms. The Morgan fingerprint density at radius 1 is 1.14 bits per heavy atom. The molecule has 0 radical (unpaired) electrons. The highest BCUT2D eigenvalue weighted by Crippen LogP contribution is 2.31. The van der Waals surface area contributed by atoms with Crippen molar-refractivity contribution in [2.24, 2.45) is 0 Å². The van der Waals surface area contributed by atoms with Gasteiger partial charge in [0.2, 0.25) is 0 Å². The molecule has 0 aliphatic rings. The first-order chi connectivity index (χ1) is 14.1. The third kappa shape index (κ3) is 3.62. The molecule has 5 nitrogen and oxygen atoms in total. The molecular formula is C22H16Cl2N4O. The smallest absolute Gasteiger partial charge is 0.258 e. The standard InChI is InChI=1S/C22H16Cl2N4O/c1-2-5-14-12-26-20-15(21(14)28-11-10-25-13-28)6-3-9-18(20)27-22(29)19-16(23)7-4-8-17(19)24/h2-13H,1H3,(H,27,29)/b5-2+. The molecule has 4 rings (SSSR count). The summed E-state index contributed by atoms with van der Waals surface area (Å²) < 4.78 is 1.93. The molecule has 2 aromatic heterocycles. The third-order valence-electron chi connectivity index (χ3n) is 4.44. The van der Waals surface area contributed by atoms with Crippen molar-refractivity contribution >= 4 is 51.8 Å². The Bertz CT molecular complexity index is 1210. The zero-order chi connectivity index (χ0) is 20.4. The Hall–Kier alpha value is -3.15. The average molecular weight is 423 g/mol. The van der Waals surface area contributed by atoms with Gasteiger partial charge in [-0.05, 0) is 25.1 Å². The Kier molecular flexibility index (Phi) is 5.34. The van der Waals surface area contributed by atoms with Gasteiger partial charge in [0.15, 0.2) is 0 Å². The second kappa shape index (κ2) is 8.07. The number of carbonyl (C=O) groups excluding carboxylic acids is 1. The van der Waals surface area contributed by atoms with Gasteiger partial charge in [-0.15, -0.1) is 0 Å². The van der Waals surface area contributed by atoms with Crippen LogP contribution >= 0.6 is 23.2 Å². The van der Waals surface area contributed by atoms with E-state index in [4.69, 9.17) is 23.2 Å². The van der Waals surface area contributed by atoms with Crippen molar-refractivity contribution in [2.75, 3.05) is 5.32 Å². The molecule has 0 aliphatic heterocycles. The highest BCUT2D eigenvalue weighted by atomic mass is 35.5. The number of halogens is 2. The lowest BCUT2D eigenvalue weighted by Crippen LogP contribution is -2.14. The minimum Gasteiger partial charge on any atom is -0.320 e. The molecule has 29 heavy (non-hydrogen) atoms. The van der Waals surface area contributed by atoms with Gasteiger partial charge in [-0.2, -0.15) is 0 Å².